The number of carbonyl (C=O) groups is 2. The summed E-state index contributed by atoms with van der Waals surface area (Å²) in [5.41, 5.74) is 4.84. The van der Waals surface area contributed by atoms with Crippen LogP contribution in [0.1, 0.15) is 44.6 Å². The number of hydrogen-bond acceptors (Lipinski definition) is 7. The highest BCUT2D eigenvalue weighted by atomic mass is 16.5. The van der Waals surface area contributed by atoms with Gasteiger partial charge in [0.25, 0.3) is 0 Å². The van der Waals surface area contributed by atoms with Gasteiger partial charge in [0, 0.05) is 5.92 Å². The average Bonchev–Trinajstić information content (AvgIpc) is 3.57. The molecule has 6 rings (SSSR count). The number of fused-ring (bicyclic) bond motifs is 3. The van der Waals surface area contributed by atoms with Gasteiger partial charge in [-0.05, 0) is 84.3 Å². The molecular formula is C36H38BNO7. The monoisotopic (exact) mass is 607 g/mol. The van der Waals surface area contributed by atoms with E-state index in [1.807, 2.05) is 42.5 Å². The largest absolute Gasteiger partial charge is 0.508 e. The van der Waals surface area contributed by atoms with Crippen LogP contribution in [0, 0.1) is 17.8 Å². The first-order chi connectivity index (χ1) is 21.8. The van der Waals surface area contributed by atoms with Crippen molar-refractivity contribution in [2.45, 2.75) is 45.1 Å². The maximum absolute atomic E-state index is 14.0. The zero-order valence-corrected chi connectivity index (χ0v) is 25.3. The Morgan fingerprint density at radius 1 is 0.978 bits per heavy atom. The molecule has 2 aliphatic heterocycles. The number of ether oxygens (including phenoxy) is 2. The Bertz CT molecular complexity index is 1620. The van der Waals surface area contributed by atoms with Crippen LogP contribution in [-0.4, -0.2) is 53.4 Å². The van der Waals surface area contributed by atoms with Gasteiger partial charge < -0.3 is 24.6 Å². The number of carbonyl (C=O) groups excluding carboxylic acids is 2. The first kappa shape index (κ1) is 30.8. The molecule has 0 unspecified atom stereocenters. The number of phenols is 1. The highest BCUT2D eigenvalue weighted by molar-refractivity contribution is 6.58. The fraction of sp³-hybridized carbons (Fsp3) is 0.333. The molecule has 1 aliphatic carbocycles. The second-order valence-electron chi connectivity index (χ2n) is 12.1. The predicted octanol–water partition coefficient (Wildman–Crippen LogP) is 4.64. The van der Waals surface area contributed by atoms with Crippen LogP contribution in [0.15, 0.2) is 95.6 Å². The zero-order chi connectivity index (χ0) is 31.5. The molecule has 0 bridgehead atoms. The standard InChI is InChI=1S/C36H38BNO7/c1-2-8-23(17-24-9-6-12-28(39)18-24)15-16-32-33-25(21-44-29-13-4-3-5-14-29)19-30-34(31(33)22-45-32)36(41)38(35(30)40)27-11-7-10-26(20-27)37(42)43/h3-7,9-14,17-18,20,30-32,34,39,42-43H,2,8,15-16,19,21-22H2,1H3/b23-17+/t30-,31+,32-,34-/m1/s1. The van der Waals surface area contributed by atoms with Crippen molar-refractivity contribution in [2.75, 3.05) is 18.1 Å². The molecule has 9 heteroatoms. The summed E-state index contributed by atoms with van der Waals surface area (Å²) in [5.74, 6) is -0.954. The van der Waals surface area contributed by atoms with Crippen molar-refractivity contribution in [3.05, 3.63) is 101 Å². The van der Waals surface area contributed by atoms with Crippen LogP contribution in [0.4, 0.5) is 5.69 Å². The molecule has 232 valence electrons. The molecule has 4 atom stereocenters. The number of para-hydroxylation sites is 1. The van der Waals surface area contributed by atoms with E-state index in [9.17, 15) is 24.7 Å². The first-order valence-electron chi connectivity index (χ1n) is 15.7. The van der Waals surface area contributed by atoms with E-state index in [-0.39, 0.29) is 35.0 Å². The van der Waals surface area contributed by atoms with Gasteiger partial charge in [-0.3, -0.25) is 14.5 Å². The van der Waals surface area contributed by atoms with Gasteiger partial charge in [0.05, 0.1) is 30.2 Å². The molecule has 3 aromatic carbocycles. The van der Waals surface area contributed by atoms with Gasteiger partial charge >= 0.3 is 7.12 Å². The van der Waals surface area contributed by atoms with Gasteiger partial charge in [-0.25, -0.2) is 0 Å². The van der Waals surface area contributed by atoms with E-state index in [0.717, 1.165) is 48.1 Å². The summed E-state index contributed by atoms with van der Waals surface area (Å²) < 4.78 is 12.6. The van der Waals surface area contributed by atoms with Crippen LogP contribution in [0.5, 0.6) is 11.5 Å². The van der Waals surface area contributed by atoms with Crippen molar-refractivity contribution < 1.29 is 34.2 Å². The third kappa shape index (κ3) is 6.47. The summed E-state index contributed by atoms with van der Waals surface area (Å²) in [6, 6.07) is 23.1. The normalized spacial score (nSPS) is 22.9. The number of allylic oxidation sites excluding steroid dienone is 1. The van der Waals surface area contributed by atoms with Crippen molar-refractivity contribution in [3.63, 3.8) is 0 Å². The van der Waals surface area contributed by atoms with Crippen molar-refractivity contribution in [3.8, 4) is 11.5 Å². The molecule has 3 N–H and O–H groups in total. The van der Waals surface area contributed by atoms with E-state index < -0.39 is 19.0 Å². The molecule has 3 aromatic rings. The zero-order valence-electron chi connectivity index (χ0n) is 25.3. The molecular weight excluding hydrogens is 569 g/mol. The highest BCUT2D eigenvalue weighted by Gasteiger charge is 2.57. The average molecular weight is 608 g/mol. The highest BCUT2D eigenvalue weighted by Crippen LogP contribution is 2.50. The molecule has 2 saturated heterocycles. The number of phenolic OH excluding ortho intramolecular Hbond substituents is 1. The third-order valence-electron chi connectivity index (χ3n) is 9.13. The molecule has 45 heavy (non-hydrogen) atoms. The Labute approximate surface area is 263 Å². The van der Waals surface area contributed by atoms with Gasteiger partial charge in [-0.1, -0.05) is 67.5 Å². The molecule has 0 aromatic heterocycles. The number of amides is 2. The Kier molecular flexibility index (Phi) is 9.21. The Balaban J connectivity index is 1.29. The third-order valence-corrected chi connectivity index (χ3v) is 9.13. The summed E-state index contributed by atoms with van der Waals surface area (Å²) >= 11 is 0. The lowest BCUT2D eigenvalue weighted by molar-refractivity contribution is -0.122. The van der Waals surface area contributed by atoms with Gasteiger partial charge in [0.2, 0.25) is 11.8 Å². The summed E-state index contributed by atoms with van der Waals surface area (Å²) in [4.78, 5) is 29.1. The van der Waals surface area contributed by atoms with Crippen LogP contribution in [0.25, 0.3) is 6.08 Å². The minimum Gasteiger partial charge on any atom is -0.508 e. The SMILES string of the molecule is CCC/C(=C\c1cccc(O)c1)CC[C@H]1OC[C@H]2C1=C(COc1ccccc1)C[C@H]1C(=O)N(c3cccc(B(O)O)c3)C(=O)[C@H]12. The quantitative estimate of drug-likeness (QED) is 0.165. The van der Waals surface area contributed by atoms with Gasteiger partial charge in [-0.2, -0.15) is 0 Å². The number of aromatic hydroxyl groups is 1. The maximum atomic E-state index is 14.0. The lowest BCUT2D eigenvalue weighted by atomic mass is 9.69. The molecule has 2 heterocycles. The summed E-state index contributed by atoms with van der Waals surface area (Å²) in [7, 11) is -1.71. The number of anilines is 1. The molecule has 0 saturated carbocycles. The number of imide groups is 1. The minimum atomic E-state index is -1.71. The van der Waals surface area contributed by atoms with Crippen molar-refractivity contribution in [1.29, 1.82) is 0 Å². The van der Waals surface area contributed by atoms with Gasteiger partial charge in [0.15, 0.2) is 0 Å². The number of rotatable bonds is 11. The van der Waals surface area contributed by atoms with Crippen molar-refractivity contribution in [1.82, 2.24) is 0 Å². The molecule has 8 nitrogen and oxygen atoms in total. The van der Waals surface area contributed by atoms with Gasteiger partial charge in [-0.15, -0.1) is 0 Å². The topological polar surface area (TPSA) is 117 Å². The van der Waals surface area contributed by atoms with Crippen molar-refractivity contribution >= 4 is 36.2 Å². The molecule has 0 spiro atoms. The minimum absolute atomic E-state index is 0.209. The fourth-order valence-corrected chi connectivity index (χ4v) is 7.13. The van der Waals surface area contributed by atoms with Crippen LogP contribution in [0.3, 0.4) is 0 Å². The van der Waals surface area contributed by atoms with Crippen LogP contribution in [-0.2, 0) is 14.3 Å². The smallest absolute Gasteiger partial charge is 0.488 e. The second-order valence-corrected chi connectivity index (χ2v) is 12.1. The maximum Gasteiger partial charge on any atom is 0.488 e. The van der Waals surface area contributed by atoms with E-state index in [2.05, 4.69) is 13.0 Å². The molecule has 2 fully saturated rings. The lowest BCUT2D eigenvalue weighted by Crippen LogP contribution is -2.36. The number of benzene rings is 3. The summed E-state index contributed by atoms with van der Waals surface area (Å²) in [6.07, 6.45) is 5.75. The van der Waals surface area contributed by atoms with E-state index in [1.165, 1.54) is 16.5 Å². The molecule has 0 radical (unpaired) electrons. The molecule has 2 amide bonds. The Morgan fingerprint density at radius 3 is 2.53 bits per heavy atom. The van der Waals surface area contributed by atoms with Crippen LogP contribution < -0.4 is 15.1 Å². The van der Waals surface area contributed by atoms with E-state index in [0.29, 0.717) is 25.3 Å². The number of hydrogen-bond donors (Lipinski definition) is 3. The summed E-state index contributed by atoms with van der Waals surface area (Å²) in [6.45, 7) is 2.79. The van der Waals surface area contributed by atoms with Gasteiger partial charge in [0.1, 0.15) is 18.1 Å². The van der Waals surface area contributed by atoms with Crippen LogP contribution >= 0.6 is 0 Å². The number of nitrogens with zero attached hydrogens (tertiary/aromatic N) is 1. The van der Waals surface area contributed by atoms with Crippen molar-refractivity contribution in [2.24, 2.45) is 17.8 Å². The first-order valence-corrected chi connectivity index (χ1v) is 15.7. The van der Waals surface area contributed by atoms with E-state index >= 15 is 0 Å². The lowest BCUT2D eigenvalue weighted by Gasteiger charge is -2.31. The molecule has 3 aliphatic rings. The van der Waals surface area contributed by atoms with E-state index in [4.69, 9.17) is 9.47 Å². The fourth-order valence-electron chi connectivity index (χ4n) is 7.13. The Hall–Kier alpha value is -4.18. The predicted molar refractivity (Wildman–Crippen MR) is 173 cm³/mol. The van der Waals surface area contributed by atoms with Crippen LogP contribution in [0.2, 0.25) is 0 Å². The second kappa shape index (κ2) is 13.4. The summed E-state index contributed by atoms with van der Waals surface area (Å²) in [5, 5.41) is 29.4. The van der Waals surface area contributed by atoms with E-state index in [1.54, 1.807) is 30.3 Å². The Morgan fingerprint density at radius 2 is 1.78 bits per heavy atom.